The molecule has 1 amide bonds. The van der Waals surface area contributed by atoms with Gasteiger partial charge in [-0.25, -0.2) is 0 Å². The number of benzene rings is 1. The molecule has 2 heterocycles. The molecule has 0 radical (unpaired) electrons. The summed E-state index contributed by atoms with van der Waals surface area (Å²) in [6.07, 6.45) is 6.69. The van der Waals surface area contributed by atoms with Crippen LogP contribution in [0.5, 0.6) is 5.75 Å². The van der Waals surface area contributed by atoms with Gasteiger partial charge in [0, 0.05) is 25.6 Å². The maximum absolute atomic E-state index is 13.1. The predicted molar refractivity (Wildman–Crippen MR) is 101 cm³/mol. The Bertz CT molecular complexity index is 705. The van der Waals surface area contributed by atoms with Crippen LogP contribution in [0.3, 0.4) is 0 Å². The van der Waals surface area contributed by atoms with Crippen LogP contribution in [-0.2, 0) is 9.53 Å². The number of carbonyl (C=O) groups is 1. The van der Waals surface area contributed by atoms with Crippen LogP contribution in [-0.4, -0.2) is 36.2 Å². The zero-order valence-electron chi connectivity index (χ0n) is 16.5. The van der Waals surface area contributed by atoms with Gasteiger partial charge in [-0.1, -0.05) is 37.0 Å². The maximum Gasteiger partial charge on any atom is 0.223 e. The molecule has 3 aliphatic rings. The monoisotopic (exact) mass is 357 g/mol. The summed E-state index contributed by atoms with van der Waals surface area (Å²) in [5.41, 5.74) is 1.98. The minimum atomic E-state index is -0.482. The van der Waals surface area contributed by atoms with Crippen LogP contribution in [0.15, 0.2) is 18.2 Å². The van der Waals surface area contributed by atoms with Gasteiger partial charge in [-0.3, -0.25) is 4.79 Å². The molecule has 1 aliphatic carbocycles. The summed E-state index contributed by atoms with van der Waals surface area (Å²) in [6.45, 7) is 7.08. The highest BCUT2D eigenvalue weighted by molar-refractivity contribution is 5.80. The van der Waals surface area contributed by atoms with E-state index in [1.807, 2.05) is 6.07 Å². The fourth-order valence-electron chi connectivity index (χ4n) is 5.44. The smallest absolute Gasteiger partial charge is 0.223 e. The Morgan fingerprint density at radius 2 is 1.92 bits per heavy atom. The molecule has 2 fully saturated rings. The number of aryl methyl sites for hydroxylation is 1. The summed E-state index contributed by atoms with van der Waals surface area (Å²) >= 11 is 0. The zero-order valence-corrected chi connectivity index (χ0v) is 16.5. The van der Waals surface area contributed by atoms with E-state index in [1.54, 1.807) is 7.11 Å². The Balaban J connectivity index is 1.75. The second-order valence-corrected chi connectivity index (χ2v) is 9.11. The summed E-state index contributed by atoms with van der Waals surface area (Å²) in [5.74, 6) is 1.17. The lowest BCUT2D eigenvalue weighted by atomic mass is 9.73. The lowest BCUT2D eigenvalue weighted by Crippen LogP contribution is -2.55. The van der Waals surface area contributed by atoms with Crippen LogP contribution >= 0.6 is 0 Å². The Hall–Kier alpha value is -1.55. The first-order chi connectivity index (χ1) is 12.4. The lowest BCUT2D eigenvalue weighted by molar-refractivity contribution is -0.143. The minimum absolute atomic E-state index is 0.0764. The Morgan fingerprint density at radius 3 is 2.62 bits per heavy atom. The molecular formula is C22H31NO3. The van der Waals surface area contributed by atoms with Crippen molar-refractivity contribution in [1.82, 2.24) is 4.90 Å². The van der Waals surface area contributed by atoms with Crippen molar-refractivity contribution in [2.45, 2.75) is 77.0 Å². The Kier molecular flexibility index (Phi) is 4.30. The number of likely N-dealkylation sites (tertiary alicyclic amines) is 1. The number of hydrogen-bond donors (Lipinski definition) is 0. The first kappa shape index (κ1) is 17.8. The van der Waals surface area contributed by atoms with E-state index in [2.05, 4.69) is 37.8 Å². The molecule has 1 aromatic rings. The van der Waals surface area contributed by atoms with Crippen LogP contribution in [0, 0.1) is 12.3 Å². The normalized spacial score (nSPS) is 29.5. The van der Waals surface area contributed by atoms with E-state index in [1.165, 1.54) is 37.7 Å². The van der Waals surface area contributed by atoms with Crippen LogP contribution in [0.2, 0.25) is 0 Å². The number of nitrogens with zero attached hydrogens (tertiary/aromatic N) is 1. The zero-order chi connectivity index (χ0) is 18.5. The molecule has 4 nitrogen and oxygen atoms in total. The minimum Gasteiger partial charge on any atom is -0.485 e. The molecule has 1 aromatic carbocycles. The third kappa shape index (κ3) is 2.83. The van der Waals surface area contributed by atoms with Gasteiger partial charge < -0.3 is 14.4 Å². The van der Waals surface area contributed by atoms with Crippen molar-refractivity contribution in [1.29, 1.82) is 0 Å². The largest absolute Gasteiger partial charge is 0.485 e. The highest BCUT2D eigenvalue weighted by Gasteiger charge is 2.53. The molecule has 0 N–H and O–H groups in total. The molecule has 26 heavy (non-hydrogen) atoms. The SMILES string of the molecule is CO[C@H]1[C@H](N2CC3(CCCCC3)CC2=O)c2cc(C)ccc2OC1(C)C. The fraction of sp³-hybridized carbons (Fsp3) is 0.682. The van der Waals surface area contributed by atoms with Gasteiger partial charge in [0.2, 0.25) is 5.91 Å². The number of fused-ring (bicyclic) bond motifs is 1. The van der Waals surface area contributed by atoms with Gasteiger partial charge in [0.1, 0.15) is 17.5 Å². The molecule has 2 atom stereocenters. The van der Waals surface area contributed by atoms with Gasteiger partial charge in [-0.05, 0) is 45.1 Å². The molecule has 4 heteroatoms. The second kappa shape index (κ2) is 6.26. The molecule has 4 rings (SSSR count). The number of hydrogen-bond acceptors (Lipinski definition) is 3. The van der Waals surface area contributed by atoms with E-state index in [0.717, 1.165) is 17.9 Å². The van der Waals surface area contributed by atoms with Crippen molar-refractivity contribution in [3.05, 3.63) is 29.3 Å². The molecule has 1 spiro atoms. The Labute approximate surface area is 156 Å². The molecule has 0 bridgehead atoms. The first-order valence-electron chi connectivity index (χ1n) is 9.97. The van der Waals surface area contributed by atoms with Gasteiger partial charge in [-0.15, -0.1) is 0 Å². The summed E-state index contributed by atoms with van der Waals surface area (Å²) in [4.78, 5) is 15.3. The van der Waals surface area contributed by atoms with Crippen molar-refractivity contribution in [2.75, 3.05) is 13.7 Å². The van der Waals surface area contributed by atoms with E-state index >= 15 is 0 Å². The second-order valence-electron chi connectivity index (χ2n) is 9.11. The maximum atomic E-state index is 13.1. The highest BCUT2D eigenvalue weighted by atomic mass is 16.6. The van der Waals surface area contributed by atoms with E-state index in [0.29, 0.717) is 6.42 Å². The van der Waals surface area contributed by atoms with Crippen molar-refractivity contribution < 1.29 is 14.3 Å². The predicted octanol–water partition coefficient (Wildman–Crippen LogP) is 4.40. The van der Waals surface area contributed by atoms with Crippen molar-refractivity contribution in [3.63, 3.8) is 0 Å². The standard InChI is InChI=1S/C22H31NO3/c1-15-8-9-17-16(12-15)19(20(25-4)21(2,3)26-17)23-14-22(13-18(23)24)10-6-5-7-11-22/h8-9,12,19-20H,5-7,10-11,13-14H2,1-4H3/t19-,20+/m1/s1. The van der Waals surface area contributed by atoms with E-state index in [4.69, 9.17) is 9.47 Å². The van der Waals surface area contributed by atoms with Gasteiger partial charge in [-0.2, -0.15) is 0 Å². The molecule has 0 aromatic heterocycles. The topological polar surface area (TPSA) is 38.8 Å². The van der Waals surface area contributed by atoms with Gasteiger partial charge in [0.25, 0.3) is 0 Å². The first-order valence-corrected chi connectivity index (χ1v) is 9.97. The van der Waals surface area contributed by atoms with Gasteiger partial charge in [0.05, 0.1) is 6.04 Å². The van der Waals surface area contributed by atoms with Crippen LogP contribution < -0.4 is 4.74 Å². The lowest BCUT2D eigenvalue weighted by Gasteiger charge is -2.47. The summed E-state index contributed by atoms with van der Waals surface area (Å²) in [6, 6.07) is 6.21. The molecule has 2 aliphatic heterocycles. The number of carbonyl (C=O) groups excluding carboxylic acids is 1. The van der Waals surface area contributed by atoms with Crippen molar-refractivity contribution in [2.24, 2.45) is 5.41 Å². The van der Waals surface area contributed by atoms with Crippen molar-refractivity contribution in [3.8, 4) is 5.75 Å². The highest BCUT2D eigenvalue weighted by Crippen LogP contribution is 2.51. The number of rotatable bonds is 2. The van der Waals surface area contributed by atoms with Gasteiger partial charge in [0.15, 0.2) is 0 Å². The van der Waals surface area contributed by atoms with Crippen LogP contribution in [0.4, 0.5) is 0 Å². The van der Waals surface area contributed by atoms with E-state index in [-0.39, 0.29) is 23.5 Å². The average molecular weight is 357 g/mol. The number of ether oxygens (including phenoxy) is 2. The molecule has 142 valence electrons. The third-order valence-corrected chi connectivity index (χ3v) is 6.69. The molecule has 1 saturated heterocycles. The summed E-state index contributed by atoms with van der Waals surface area (Å²) < 4.78 is 12.2. The van der Waals surface area contributed by atoms with E-state index < -0.39 is 5.60 Å². The third-order valence-electron chi connectivity index (χ3n) is 6.69. The molecule has 0 unspecified atom stereocenters. The Morgan fingerprint density at radius 1 is 1.19 bits per heavy atom. The van der Waals surface area contributed by atoms with Crippen LogP contribution in [0.25, 0.3) is 0 Å². The fourth-order valence-corrected chi connectivity index (χ4v) is 5.44. The summed E-state index contributed by atoms with van der Waals surface area (Å²) in [5, 5.41) is 0. The van der Waals surface area contributed by atoms with Gasteiger partial charge >= 0.3 is 0 Å². The molecular weight excluding hydrogens is 326 g/mol. The average Bonchev–Trinajstić information content (AvgIpc) is 2.89. The number of methoxy groups -OCH3 is 1. The quantitative estimate of drug-likeness (QED) is 0.787. The van der Waals surface area contributed by atoms with Crippen LogP contribution in [0.1, 0.15) is 69.5 Å². The summed E-state index contributed by atoms with van der Waals surface area (Å²) in [7, 11) is 1.74. The van der Waals surface area contributed by atoms with Crippen molar-refractivity contribution >= 4 is 5.91 Å². The molecule has 1 saturated carbocycles. The van der Waals surface area contributed by atoms with E-state index in [9.17, 15) is 4.79 Å². The number of amides is 1.